The molecule has 1 heterocycles. The fourth-order valence-corrected chi connectivity index (χ4v) is 3.20. The lowest BCUT2D eigenvalue weighted by molar-refractivity contribution is 0.0695. The second-order valence-corrected chi connectivity index (χ2v) is 6.96. The molecule has 21 heavy (non-hydrogen) atoms. The van der Waals surface area contributed by atoms with Gasteiger partial charge in [-0.2, -0.15) is 5.10 Å². The van der Waals surface area contributed by atoms with Crippen molar-refractivity contribution in [2.24, 2.45) is 0 Å². The first kappa shape index (κ1) is 15.9. The largest absolute Gasteiger partial charge is 0.478 e. The third-order valence-corrected chi connectivity index (χ3v) is 5.00. The Hall–Kier alpha value is -1.53. The van der Waals surface area contributed by atoms with Crippen molar-refractivity contribution in [1.82, 2.24) is 19.9 Å². The zero-order valence-electron chi connectivity index (χ0n) is 10.6. The fraction of sp³-hybridized carbons (Fsp3) is 0.182. The van der Waals surface area contributed by atoms with Crippen LogP contribution in [0.2, 0.25) is 0 Å². The van der Waals surface area contributed by atoms with Gasteiger partial charge in [-0.25, -0.2) is 22.9 Å². The highest BCUT2D eigenvalue weighted by Crippen LogP contribution is 2.18. The number of rotatable bonds is 6. The van der Waals surface area contributed by atoms with Gasteiger partial charge in [0.05, 0.1) is 10.5 Å². The molecule has 0 aliphatic carbocycles. The Morgan fingerprint density at radius 3 is 2.81 bits per heavy atom. The SMILES string of the molecule is O=C(O)c1cc(S(=O)(=O)NCCc2ncn[nH]2)ccc1I. The van der Waals surface area contributed by atoms with Crippen LogP contribution in [-0.2, 0) is 16.4 Å². The number of carboxylic acids is 1. The molecule has 0 unspecified atom stereocenters. The van der Waals surface area contributed by atoms with E-state index < -0.39 is 16.0 Å². The van der Waals surface area contributed by atoms with Crippen LogP contribution in [0.4, 0.5) is 0 Å². The average Bonchev–Trinajstić information content (AvgIpc) is 2.91. The van der Waals surface area contributed by atoms with E-state index in [0.29, 0.717) is 15.8 Å². The van der Waals surface area contributed by atoms with Crippen LogP contribution in [0.1, 0.15) is 16.2 Å². The minimum Gasteiger partial charge on any atom is -0.478 e. The van der Waals surface area contributed by atoms with E-state index in [1.165, 1.54) is 18.5 Å². The monoisotopic (exact) mass is 422 g/mol. The molecule has 2 aromatic rings. The molecule has 0 spiro atoms. The maximum atomic E-state index is 12.1. The van der Waals surface area contributed by atoms with Gasteiger partial charge in [-0.1, -0.05) is 0 Å². The Balaban J connectivity index is 2.12. The summed E-state index contributed by atoms with van der Waals surface area (Å²) in [7, 11) is -3.77. The van der Waals surface area contributed by atoms with E-state index in [1.54, 1.807) is 0 Å². The number of carbonyl (C=O) groups is 1. The van der Waals surface area contributed by atoms with Gasteiger partial charge in [0.25, 0.3) is 0 Å². The molecular formula is C11H11IN4O4S. The van der Waals surface area contributed by atoms with E-state index in [2.05, 4.69) is 19.9 Å². The summed E-state index contributed by atoms with van der Waals surface area (Å²) in [4.78, 5) is 14.8. The molecule has 0 aliphatic rings. The average molecular weight is 422 g/mol. The molecule has 0 saturated carbocycles. The number of aromatic nitrogens is 3. The normalized spacial score (nSPS) is 11.5. The van der Waals surface area contributed by atoms with Crippen LogP contribution in [0.5, 0.6) is 0 Å². The summed E-state index contributed by atoms with van der Waals surface area (Å²) in [5.74, 6) is -0.607. The van der Waals surface area contributed by atoms with Crippen LogP contribution in [0.3, 0.4) is 0 Å². The maximum absolute atomic E-state index is 12.1. The Bertz CT molecular complexity index is 746. The minimum atomic E-state index is -3.77. The van der Waals surface area contributed by atoms with Gasteiger partial charge < -0.3 is 5.11 Å². The van der Waals surface area contributed by atoms with Gasteiger partial charge in [0.1, 0.15) is 12.2 Å². The molecule has 8 nitrogen and oxygen atoms in total. The van der Waals surface area contributed by atoms with Crippen LogP contribution >= 0.6 is 22.6 Å². The fourth-order valence-electron chi connectivity index (χ4n) is 1.57. The van der Waals surface area contributed by atoms with Crippen molar-refractivity contribution >= 4 is 38.6 Å². The Morgan fingerprint density at radius 1 is 1.43 bits per heavy atom. The smallest absolute Gasteiger partial charge is 0.336 e. The summed E-state index contributed by atoms with van der Waals surface area (Å²) >= 11 is 1.84. The van der Waals surface area contributed by atoms with Crippen LogP contribution in [-0.4, -0.2) is 41.2 Å². The minimum absolute atomic E-state index is 0.0475. The summed E-state index contributed by atoms with van der Waals surface area (Å²) < 4.78 is 27.0. The highest BCUT2D eigenvalue weighted by Gasteiger charge is 2.17. The molecule has 2 rings (SSSR count). The molecular weight excluding hydrogens is 411 g/mol. The van der Waals surface area contributed by atoms with Crippen molar-refractivity contribution in [2.45, 2.75) is 11.3 Å². The van der Waals surface area contributed by atoms with E-state index in [9.17, 15) is 13.2 Å². The predicted octanol–water partition coefficient (Wildman–Crippen LogP) is 0.628. The molecule has 3 N–H and O–H groups in total. The zero-order valence-corrected chi connectivity index (χ0v) is 13.6. The Morgan fingerprint density at radius 2 is 2.19 bits per heavy atom. The van der Waals surface area contributed by atoms with Crippen molar-refractivity contribution in [1.29, 1.82) is 0 Å². The first-order valence-electron chi connectivity index (χ1n) is 5.77. The summed E-state index contributed by atoms with van der Waals surface area (Å²) in [5, 5.41) is 15.3. The number of hydrogen-bond acceptors (Lipinski definition) is 5. The van der Waals surface area contributed by atoms with Gasteiger partial charge in [-0.15, -0.1) is 0 Å². The zero-order chi connectivity index (χ0) is 15.5. The quantitative estimate of drug-likeness (QED) is 0.587. The molecule has 112 valence electrons. The Kier molecular flexibility index (Phi) is 4.90. The van der Waals surface area contributed by atoms with Gasteiger partial charge in [0.2, 0.25) is 10.0 Å². The number of nitrogens with one attached hydrogen (secondary N) is 2. The molecule has 0 saturated heterocycles. The third-order valence-electron chi connectivity index (χ3n) is 2.60. The van der Waals surface area contributed by atoms with Crippen LogP contribution in [0.15, 0.2) is 29.4 Å². The summed E-state index contributed by atoms with van der Waals surface area (Å²) in [6.45, 7) is 0.131. The van der Waals surface area contributed by atoms with E-state index in [1.807, 2.05) is 22.6 Å². The molecule has 0 fully saturated rings. The van der Waals surface area contributed by atoms with Crippen molar-refractivity contribution in [3.63, 3.8) is 0 Å². The van der Waals surface area contributed by atoms with Crippen LogP contribution in [0, 0.1) is 3.57 Å². The first-order chi connectivity index (χ1) is 9.90. The van der Waals surface area contributed by atoms with Gasteiger partial charge in [-0.3, -0.25) is 5.10 Å². The van der Waals surface area contributed by atoms with Gasteiger partial charge in [0.15, 0.2) is 0 Å². The van der Waals surface area contributed by atoms with E-state index in [-0.39, 0.29) is 17.0 Å². The second-order valence-electron chi connectivity index (χ2n) is 4.03. The lowest BCUT2D eigenvalue weighted by Gasteiger charge is -2.07. The summed E-state index contributed by atoms with van der Waals surface area (Å²) in [6, 6.07) is 3.96. The molecule has 0 amide bonds. The molecule has 0 atom stereocenters. The molecule has 1 aromatic carbocycles. The third kappa shape index (κ3) is 3.98. The summed E-state index contributed by atoms with van der Waals surface area (Å²) in [5.41, 5.74) is -0.0475. The van der Waals surface area contributed by atoms with Crippen LogP contribution < -0.4 is 4.72 Å². The van der Waals surface area contributed by atoms with E-state index in [4.69, 9.17) is 5.11 Å². The standard InChI is InChI=1S/C11H11IN4O4S/c12-9-2-1-7(5-8(9)11(17)18)21(19,20)15-4-3-10-13-6-14-16-10/h1-2,5-6,15H,3-4H2,(H,17,18)(H,13,14,16). The van der Waals surface area contributed by atoms with Crippen molar-refractivity contribution < 1.29 is 18.3 Å². The molecule has 10 heteroatoms. The number of benzene rings is 1. The van der Waals surface area contributed by atoms with Crippen molar-refractivity contribution in [3.05, 3.63) is 39.5 Å². The topological polar surface area (TPSA) is 125 Å². The van der Waals surface area contributed by atoms with Gasteiger partial charge in [-0.05, 0) is 40.8 Å². The lowest BCUT2D eigenvalue weighted by Crippen LogP contribution is -2.26. The number of hydrogen-bond donors (Lipinski definition) is 3. The number of nitrogens with zero attached hydrogens (tertiary/aromatic N) is 2. The highest BCUT2D eigenvalue weighted by molar-refractivity contribution is 14.1. The van der Waals surface area contributed by atoms with Gasteiger partial charge >= 0.3 is 5.97 Å². The Labute approximate surface area is 134 Å². The number of sulfonamides is 1. The maximum Gasteiger partial charge on any atom is 0.336 e. The van der Waals surface area contributed by atoms with Crippen molar-refractivity contribution in [3.8, 4) is 0 Å². The molecule has 0 bridgehead atoms. The molecule has 0 radical (unpaired) electrons. The van der Waals surface area contributed by atoms with E-state index in [0.717, 1.165) is 6.07 Å². The number of H-pyrrole nitrogens is 1. The number of carboxylic acid groups (broad SMARTS) is 1. The lowest BCUT2D eigenvalue weighted by atomic mass is 10.2. The van der Waals surface area contributed by atoms with Crippen LogP contribution in [0.25, 0.3) is 0 Å². The first-order valence-corrected chi connectivity index (χ1v) is 8.33. The highest BCUT2D eigenvalue weighted by atomic mass is 127. The van der Waals surface area contributed by atoms with Gasteiger partial charge in [0, 0.05) is 16.5 Å². The number of aromatic carboxylic acids is 1. The number of halogens is 1. The second kappa shape index (κ2) is 6.49. The molecule has 1 aromatic heterocycles. The van der Waals surface area contributed by atoms with E-state index >= 15 is 0 Å². The molecule has 0 aliphatic heterocycles. The predicted molar refractivity (Wildman–Crippen MR) is 81.4 cm³/mol. The number of aromatic amines is 1. The van der Waals surface area contributed by atoms with Crippen molar-refractivity contribution in [2.75, 3.05) is 6.54 Å². The summed E-state index contributed by atoms with van der Waals surface area (Å²) in [6.07, 6.45) is 1.69.